The fourth-order valence-corrected chi connectivity index (χ4v) is 1.58. The monoisotopic (exact) mass is 215 g/mol. The SMILES string of the molecule is COc1ccccc1N(C)S(C)(=O)=O. The quantitative estimate of drug-likeness (QED) is 0.758. The second kappa shape index (κ2) is 3.88. The Hall–Kier alpha value is -1.23. The molecular weight excluding hydrogens is 202 g/mol. The number of nitrogens with zero attached hydrogens (tertiary/aromatic N) is 1. The van der Waals surface area contributed by atoms with Crippen molar-refractivity contribution in [1.82, 2.24) is 0 Å². The summed E-state index contributed by atoms with van der Waals surface area (Å²) in [4.78, 5) is 0. The van der Waals surface area contributed by atoms with Crippen molar-refractivity contribution in [2.24, 2.45) is 0 Å². The second-order valence-corrected chi connectivity index (χ2v) is 4.92. The van der Waals surface area contributed by atoms with Gasteiger partial charge < -0.3 is 4.74 Å². The molecule has 0 aliphatic rings. The van der Waals surface area contributed by atoms with Gasteiger partial charge in [-0.15, -0.1) is 0 Å². The molecule has 0 atom stereocenters. The first-order valence-corrected chi connectivity index (χ1v) is 5.88. The van der Waals surface area contributed by atoms with Crippen LogP contribution in [0.4, 0.5) is 5.69 Å². The molecule has 78 valence electrons. The molecule has 0 aliphatic heterocycles. The number of sulfonamides is 1. The topological polar surface area (TPSA) is 46.6 Å². The van der Waals surface area contributed by atoms with Crippen LogP contribution in [0.2, 0.25) is 0 Å². The zero-order valence-electron chi connectivity index (χ0n) is 8.39. The van der Waals surface area contributed by atoms with Crippen LogP contribution in [0.15, 0.2) is 24.3 Å². The first-order chi connectivity index (χ1) is 6.46. The van der Waals surface area contributed by atoms with Crippen molar-refractivity contribution in [2.75, 3.05) is 24.7 Å². The Balaban J connectivity index is 3.19. The molecule has 0 heterocycles. The fraction of sp³-hybridized carbons (Fsp3) is 0.333. The third kappa shape index (κ3) is 2.17. The average Bonchev–Trinajstić information content (AvgIpc) is 2.15. The molecule has 0 amide bonds. The highest BCUT2D eigenvalue weighted by Crippen LogP contribution is 2.27. The van der Waals surface area contributed by atoms with Gasteiger partial charge in [0.15, 0.2) is 0 Å². The van der Waals surface area contributed by atoms with Gasteiger partial charge in [-0.3, -0.25) is 4.31 Å². The summed E-state index contributed by atoms with van der Waals surface area (Å²) in [6.45, 7) is 0. The van der Waals surface area contributed by atoms with Gasteiger partial charge in [-0.25, -0.2) is 8.42 Å². The molecule has 0 saturated heterocycles. The Bertz CT molecular complexity index is 414. The van der Waals surface area contributed by atoms with E-state index in [0.29, 0.717) is 11.4 Å². The number of anilines is 1. The molecule has 14 heavy (non-hydrogen) atoms. The minimum absolute atomic E-state index is 0.539. The van der Waals surface area contributed by atoms with Gasteiger partial charge in [0.05, 0.1) is 19.1 Å². The van der Waals surface area contributed by atoms with E-state index in [-0.39, 0.29) is 0 Å². The van der Waals surface area contributed by atoms with E-state index < -0.39 is 10.0 Å². The normalized spacial score (nSPS) is 11.1. The van der Waals surface area contributed by atoms with E-state index >= 15 is 0 Å². The van der Waals surface area contributed by atoms with E-state index in [0.717, 1.165) is 6.26 Å². The highest BCUT2D eigenvalue weighted by atomic mass is 32.2. The summed E-state index contributed by atoms with van der Waals surface area (Å²) in [5.41, 5.74) is 0.539. The highest BCUT2D eigenvalue weighted by Gasteiger charge is 2.15. The second-order valence-electron chi connectivity index (χ2n) is 2.90. The summed E-state index contributed by atoms with van der Waals surface area (Å²) in [5.74, 6) is 0.542. The molecule has 0 unspecified atom stereocenters. The van der Waals surface area contributed by atoms with Crippen LogP contribution in [0, 0.1) is 0 Å². The molecule has 5 heteroatoms. The predicted molar refractivity (Wildman–Crippen MR) is 56.2 cm³/mol. The molecule has 0 N–H and O–H groups in total. The van der Waals surface area contributed by atoms with Gasteiger partial charge in [-0.2, -0.15) is 0 Å². The standard InChI is InChI=1S/C9H13NO3S/c1-10(14(3,11)12)8-6-4-5-7-9(8)13-2/h4-7H,1-3H3. The van der Waals surface area contributed by atoms with Crippen LogP contribution < -0.4 is 9.04 Å². The Morgan fingerprint density at radius 2 is 1.86 bits per heavy atom. The highest BCUT2D eigenvalue weighted by molar-refractivity contribution is 7.92. The van der Waals surface area contributed by atoms with Gasteiger partial charge >= 0.3 is 0 Å². The number of methoxy groups -OCH3 is 1. The molecular formula is C9H13NO3S. The number of hydrogen-bond donors (Lipinski definition) is 0. The number of para-hydroxylation sites is 2. The number of hydrogen-bond acceptors (Lipinski definition) is 3. The molecule has 0 saturated carbocycles. The minimum Gasteiger partial charge on any atom is -0.495 e. The summed E-state index contributed by atoms with van der Waals surface area (Å²) in [6.07, 6.45) is 1.15. The van der Waals surface area contributed by atoms with Gasteiger partial charge in [-0.1, -0.05) is 12.1 Å². The van der Waals surface area contributed by atoms with Crippen molar-refractivity contribution in [3.63, 3.8) is 0 Å². The van der Waals surface area contributed by atoms with Crippen LogP contribution in [-0.4, -0.2) is 28.8 Å². The summed E-state index contributed by atoms with van der Waals surface area (Å²) in [6, 6.07) is 6.97. The average molecular weight is 215 g/mol. The van der Waals surface area contributed by atoms with Crippen molar-refractivity contribution in [3.05, 3.63) is 24.3 Å². The van der Waals surface area contributed by atoms with E-state index in [1.54, 1.807) is 24.3 Å². The Morgan fingerprint density at radius 3 is 2.36 bits per heavy atom. The largest absolute Gasteiger partial charge is 0.495 e. The molecule has 0 bridgehead atoms. The molecule has 1 aromatic rings. The van der Waals surface area contributed by atoms with E-state index in [9.17, 15) is 8.42 Å². The van der Waals surface area contributed by atoms with Gasteiger partial charge in [0.2, 0.25) is 10.0 Å². The smallest absolute Gasteiger partial charge is 0.232 e. The van der Waals surface area contributed by atoms with E-state index in [1.165, 1.54) is 18.5 Å². The third-order valence-corrected chi connectivity index (χ3v) is 3.11. The summed E-state index contributed by atoms with van der Waals surface area (Å²) in [7, 11) is -0.233. The van der Waals surface area contributed by atoms with E-state index in [4.69, 9.17) is 4.74 Å². The van der Waals surface area contributed by atoms with Gasteiger partial charge in [0.25, 0.3) is 0 Å². The maximum atomic E-state index is 11.3. The third-order valence-electron chi connectivity index (χ3n) is 1.92. The van der Waals surface area contributed by atoms with Crippen LogP contribution in [0.1, 0.15) is 0 Å². The molecule has 0 aliphatic carbocycles. The number of rotatable bonds is 3. The fourth-order valence-electron chi connectivity index (χ4n) is 1.07. The Labute approximate surface area is 84.2 Å². The molecule has 1 aromatic carbocycles. The van der Waals surface area contributed by atoms with Crippen LogP contribution in [0.3, 0.4) is 0 Å². The summed E-state index contributed by atoms with van der Waals surface area (Å²) < 4.78 is 28.8. The number of ether oxygens (including phenoxy) is 1. The van der Waals surface area contributed by atoms with Crippen LogP contribution >= 0.6 is 0 Å². The molecule has 1 rings (SSSR count). The van der Waals surface area contributed by atoms with Crippen molar-refractivity contribution in [3.8, 4) is 5.75 Å². The van der Waals surface area contributed by atoms with E-state index in [2.05, 4.69) is 0 Å². The first-order valence-electron chi connectivity index (χ1n) is 4.03. The summed E-state index contributed by atoms with van der Waals surface area (Å²) in [5, 5.41) is 0. The van der Waals surface area contributed by atoms with Gasteiger partial charge in [-0.05, 0) is 12.1 Å². The maximum absolute atomic E-state index is 11.3. The van der Waals surface area contributed by atoms with Crippen molar-refractivity contribution in [2.45, 2.75) is 0 Å². The zero-order valence-corrected chi connectivity index (χ0v) is 9.21. The Kier molecular flexibility index (Phi) is 3.00. The lowest BCUT2D eigenvalue weighted by atomic mass is 10.3. The van der Waals surface area contributed by atoms with Crippen LogP contribution in [-0.2, 0) is 10.0 Å². The minimum atomic E-state index is -3.24. The molecule has 4 nitrogen and oxygen atoms in total. The first kappa shape index (κ1) is 10.8. The van der Waals surface area contributed by atoms with Crippen molar-refractivity contribution < 1.29 is 13.2 Å². The molecule has 0 aromatic heterocycles. The lowest BCUT2D eigenvalue weighted by molar-refractivity contribution is 0.416. The maximum Gasteiger partial charge on any atom is 0.232 e. The lowest BCUT2D eigenvalue weighted by Crippen LogP contribution is -2.25. The number of benzene rings is 1. The van der Waals surface area contributed by atoms with Crippen molar-refractivity contribution >= 4 is 15.7 Å². The van der Waals surface area contributed by atoms with Crippen LogP contribution in [0.25, 0.3) is 0 Å². The Morgan fingerprint density at radius 1 is 1.29 bits per heavy atom. The van der Waals surface area contributed by atoms with Gasteiger partial charge in [0, 0.05) is 7.05 Å². The van der Waals surface area contributed by atoms with E-state index in [1.807, 2.05) is 0 Å². The predicted octanol–water partition coefficient (Wildman–Crippen LogP) is 1.09. The zero-order chi connectivity index (χ0) is 10.8. The van der Waals surface area contributed by atoms with Gasteiger partial charge in [0.1, 0.15) is 5.75 Å². The van der Waals surface area contributed by atoms with Crippen LogP contribution in [0.5, 0.6) is 5.75 Å². The lowest BCUT2D eigenvalue weighted by Gasteiger charge is -2.18. The molecule has 0 spiro atoms. The summed E-state index contributed by atoms with van der Waals surface area (Å²) >= 11 is 0. The molecule has 0 fully saturated rings. The van der Waals surface area contributed by atoms with Crippen molar-refractivity contribution in [1.29, 1.82) is 0 Å². The molecule has 0 radical (unpaired) electrons.